The van der Waals surface area contributed by atoms with E-state index >= 15 is 0 Å². The highest BCUT2D eigenvalue weighted by Crippen LogP contribution is 2.22. The van der Waals surface area contributed by atoms with E-state index in [2.05, 4.69) is 20.1 Å². The van der Waals surface area contributed by atoms with Gasteiger partial charge in [-0.05, 0) is 42.5 Å². The van der Waals surface area contributed by atoms with Crippen LogP contribution in [0, 0.1) is 0 Å². The molecule has 0 spiro atoms. The summed E-state index contributed by atoms with van der Waals surface area (Å²) in [7, 11) is 1.64. The van der Waals surface area contributed by atoms with Gasteiger partial charge in [-0.3, -0.25) is 4.98 Å². The van der Waals surface area contributed by atoms with Gasteiger partial charge in [-0.15, -0.1) is 5.10 Å². The summed E-state index contributed by atoms with van der Waals surface area (Å²) in [5, 5.41) is 4.59. The van der Waals surface area contributed by atoms with Crippen LogP contribution < -0.4 is 4.74 Å². The number of hydrogen-bond acceptors (Lipinski definition) is 5. The number of aromatic nitrogens is 5. The van der Waals surface area contributed by atoms with E-state index in [1.54, 1.807) is 30.2 Å². The summed E-state index contributed by atoms with van der Waals surface area (Å²) in [5.41, 5.74) is 2.77. The number of rotatable bonds is 3. The highest BCUT2D eigenvalue weighted by atomic mass is 16.5. The van der Waals surface area contributed by atoms with E-state index in [0.717, 1.165) is 22.6 Å². The Morgan fingerprint density at radius 1 is 0.957 bits per heavy atom. The largest absolute Gasteiger partial charge is 0.497 e. The molecular formula is C17H13N5O. The topological polar surface area (TPSA) is 65.2 Å². The van der Waals surface area contributed by atoms with Gasteiger partial charge in [0.25, 0.3) is 5.78 Å². The van der Waals surface area contributed by atoms with E-state index in [0.29, 0.717) is 11.6 Å². The second kappa shape index (κ2) is 5.49. The van der Waals surface area contributed by atoms with Crippen LogP contribution in [-0.4, -0.2) is 31.7 Å². The van der Waals surface area contributed by atoms with Crippen molar-refractivity contribution in [2.75, 3.05) is 7.11 Å². The Labute approximate surface area is 132 Å². The van der Waals surface area contributed by atoms with Crippen LogP contribution in [0.4, 0.5) is 0 Å². The molecule has 0 N–H and O–H groups in total. The molecule has 1 aromatic carbocycles. The molecule has 0 aliphatic heterocycles. The van der Waals surface area contributed by atoms with E-state index in [1.165, 1.54) is 0 Å². The molecule has 0 unspecified atom stereocenters. The maximum absolute atomic E-state index is 5.18. The molecule has 0 aliphatic carbocycles. The van der Waals surface area contributed by atoms with E-state index in [-0.39, 0.29) is 0 Å². The highest BCUT2D eigenvalue weighted by Gasteiger charge is 2.11. The first-order valence-electron chi connectivity index (χ1n) is 7.12. The van der Waals surface area contributed by atoms with Crippen LogP contribution in [0.15, 0.2) is 61.1 Å². The molecule has 0 aliphatic rings. The highest BCUT2D eigenvalue weighted by molar-refractivity contribution is 5.63. The van der Waals surface area contributed by atoms with E-state index in [1.807, 2.05) is 42.5 Å². The third-order valence-corrected chi connectivity index (χ3v) is 3.55. The van der Waals surface area contributed by atoms with Crippen molar-refractivity contribution in [3.8, 4) is 28.4 Å². The van der Waals surface area contributed by atoms with Crippen LogP contribution in [0.1, 0.15) is 0 Å². The van der Waals surface area contributed by atoms with Crippen molar-refractivity contribution < 1.29 is 4.74 Å². The average Bonchev–Trinajstić information content (AvgIpc) is 3.06. The van der Waals surface area contributed by atoms with E-state index < -0.39 is 0 Å². The average molecular weight is 303 g/mol. The van der Waals surface area contributed by atoms with Crippen molar-refractivity contribution in [3.63, 3.8) is 0 Å². The van der Waals surface area contributed by atoms with Gasteiger partial charge in [0, 0.05) is 29.7 Å². The van der Waals surface area contributed by atoms with Gasteiger partial charge < -0.3 is 4.74 Å². The van der Waals surface area contributed by atoms with Gasteiger partial charge >= 0.3 is 0 Å². The van der Waals surface area contributed by atoms with Gasteiger partial charge in [-0.1, -0.05) is 0 Å². The lowest BCUT2D eigenvalue weighted by atomic mass is 10.2. The minimum atomic E-state index is 0.553. The summed E-state index contributed by atoms with van der Waals surface area (Å²) in [6, 6.07) is 13.4. The molecule has 112 valence electrons. The quantitative estimate of drug-likeness (QED) is 0.582. The molecule has 0 fully saturated rings. The summed E-state index contributed by atoms with van der Waals surface area (Å²) in [6.45, 7) is 0. The van der Waals surface area contributed by atoms with Gasteiger partial charge in [0.05, 0.1) is 12.8 Å². The fraction of sp³-hybridized carbons (Fsp3) is 0.0588. The minimum Gasteiger partial charge on any atom is -0.497 e. The van der Waals surface area contributed by atoms with Crippen molar-refractivity contribution in [2.45, 2.75) is 0 Å². The van der Waals surface area contributed by atoms with Crippen LogP contribution in [-0.2, 0) is 0 Å². The lowest BCUT2D eigenvalue weighted by molar-refractivity contribution is 0.415. The molecule has 0 amide bonds. The fourth-order valence-electron chi connectivity index (χ4n) is 2.39. The van der Waals surface area contributed by atoms with Gasteiger partial charge in [-0.2, -0.15) is 9.50 Å². The lowest BCUT2D eigenvalue weighted by Gasteiger charge is -2.02. The molecule has 0 radical (unpaired) electrons. The second-order valence-electron chi connectivity index (χ2n) is 4.95. The first-order chi connectivity index (χ1) is 11.3. The number of ether oxygens (including phenoxy) is 1. The zero-order valence-corrected chi connectivity index (χ0v) is 12.4. The van der Waals surface area contributed by atoms with Gasteiger partial charge in [0.2, 0.25) is 0 Å². The van der Waals surface area contributed by atoms with E-state index in [4.69, 9.17) is 4.74 Å². The Hall–Kier alpha value is -3.28. The Morgan fingerprint density at radius 3 is 2.57 bits per heavy atom. The molecule has 3 heterocycles. The third kappa shape index (κ3) is 2.40. The Kier molecular flexibility index (Phi) is 3.20. The predicted octanol–water partition coefficient (Wildman–Crippen LogP) is 2.86. The molecule has 3 aromatic heterocycles. The van der Waals surface area contributed by atoms with Gasteiger partial charge in [0.15, 0.2) is 5.82 Å². The van der Waals surface area contributed by atoms with Crippen molar-refractivity contribution >= 4 is 5.78 Å². The molecule has 0 saturated heterocycles. The Morgan fingerprint density at radius 2 is 1.83 bits per heavy atom. The number of pyridine rings is 1. The molecule has 0 atom stereocenters. The van der Waals surface area contributed by atoms with Crippen molar-refractivity contribution in [1.82, 2.24) is 24.6 Å². The molecule has 0 bridgehead atoms. The predicted molar refractivity (Wildman–Crippen MR) is 86.0 cm³/mol. The molecule has 23 heavy (non-hydrogen) atoms. The van der Waals surface area contributed by atoms with Gasteiger partial charge in [0.1, 0.15) is 5.75 Å². The van der Waals surface area contributed by atoms with Crippen molar-refractivity contribution in [1.29, 1.82) is 0 Å². The summed E-state index contributed by atoms with van der Waals surface area (Å²) in [4.78, 5) is 13.0. The summed E-state index contributed by atoms with van der Waals surface area (Å²) in [5.74, 6) is 1.97. The number of fused-ring (bicyclic) bond motifs is 1. The molecular weight excluding hydrogens is 290 g/mol. The minimum absolute atomic E-state index is 0.553. The van der Waals surface area contributed by atoms with Crippen LogP contribution in [0.2, 0.25) is 0 Å². The lowest BCUT2D eigenvalue weighted by Crippen LogP contribution is -1.96. The van der Waals surface area contributed by atoms with Crippen LogP contribution >= 0.6 is 0 Å². The second-order valence-corrected chi connectivity index (χ2v) is 4.95. The molecule has 6 heteroatoms. The first kappa shape index (κ1) is 13.4. The number of benzene rings is 1. The molecule has 4 aromatic rings. The summed E-state index contributed by atoms with van der Waals surface area (Å²) >= 11 is 0. The summed E-state index contributed by atoms with van der Waals surface area (Å²) in [6.07, 6.45) is 5.26. The molecule has 4 rings (SSSR count). The Bertz CT molecular complexity index is 948. The fourth-order valence-corrected chi connectivity index (χ4v) is 2.39. The zero-order valence-electron chi connectivity index (χ0n) is 12.4. The van der Waals surface area contributed by atoms with Crippen molar-refractivity contribution in [3.05, 3.63) is 61.1 Å². The van der Waals surface area contributed by atoms with Crippen LogP contribution in [0.5, 0.6) is 5.75 Å². The summed E-state index contributed by atoms with van der Waals surface area (Å²) < 4.78 is 6.91. The first-order valence-corrected chi connectivity index (χ1v) is 7.12. The number of nitrogens with zero attached hydrogens (tertiary/aromatic N) is 5. The monoisotopic (exact) mass is 303 g/mol. The van der Waals surface area contributed by atoms with Gasteiger partial charge in [-0.25, -0.2) is 4.98 Å². The maximum Gasteiger partial charge on any atom is 0.253 e. The van der Waals surface area contributed by atoms with E-state index in [9.17, 15) is 0 Å². The standard InChI is InChI=1S/C17H13N5O/c1-23-14-6-4-12(5-7-14)16-20-17-19-10-8-15(22(17)21-16)13-3-2-9-18-11-13/h2-11H,1H3. The van der Waals surface area contributed by atoms with Crippen LogP contribution in [0.25, 0.3) is 28.4 Å². The smallest absolute Gasteiger partial charge is 0.253 e. The number of methoxy groups -OCH3 is 1. The molecule has 6 nitrogen and oxygen atoms in total. The van der Waals surface area contributed by atoms with Crippen LogP contribution in [0.3, 0.4) is 0 Å². The maximum atomic E-state index is 5.18. The normalized spacial score (nSPS) is 10.8. The SMILES string of the molecule is COc1ccc(-c2nc3nccc(-c4cccnc4)n3n2)cc1. The third-order valence-electron chi connectivity index (χ3n) is 3.55. The Balaban J connectivity index is 1.84. The number of hydrogen-bond donors (Lipinski definition) is 0. The van der Waals surface area contributed by atoms with Crippen molar-refractivity contribution in [2.24, 2.45) is 0 Å². The molecule has 0 saturated carbocycles. The zero-order chi connectivity index (χ0) is 15.6.